The molecular weight excluding hydrogens is 247 g/mol. The fourth-order valence-corrected chi connectivity index (χ4v) is 1.82. The van der Waals surface area contributed by atoms with Gasteiger partial charge in [0.2, 0.25) is 0 Å². The van der Waals surface area contributed by atoms with Gasteiger partial charge in [0.25, 0.3) is 5.91 Å². The first-order chi connectivity index (χ1) is 7.66. The third-order valence-corrected chi connectivity index (χ3v) is 3.05. The van der Waals surface area contributed by atoms with Crippen molar-refractivity contribution in [2.45, 2.75) is 6.54 Å². The van der Waals surface area contributed by atoms with E-state index in [0.29, 0.717) is 18.1 Å². The van der Waals surface area contributed by atoms with Gasteiger partial charge < -0.3 is 0 Å². The van der Waals surface area contributed by atoms with E-state index in [1.54, 1.807) is 5.01 Å². The van der Waals surface area contributed by atoms with Crippen LogP contribution in [-0.4, -0.2) is 17.5 Å². The Bertz CT molecular complexity index is 431. The van der Waals surface area contributed by atoms with Gasteiger partial charge in [0.15, 0.2) is 0 Å². The minimum atomic E-state index is -0.353. The first-order valence-electron chi connectivity index (χ1n) is 4.81. The van der Waals surface area contributed by atoms with Gasteiger partial charge in [-0.1, -0.05) is 53.5 Å². The van der Waals surface area contributed by atoms with Crippen LogP contribution in [-0.2, 0) is 11.3 Å². The van der Waals surface area contributed by atoms with Crippen molar-refractivity contribution in [2.24, 2.45) is 0 Å². The van der Waals surface area contributed by atoms with Crippen LogP contribution in [0.3, 0.4) is 0 Å². The van der Waals surface area contributed by atoms with Crippen LogP contribution in [0.5, 0.6) is 0 Å². The van der Waals surface area contributed by atoms with Crippen LogP contribution in [0.15, 0.2) is 40.4 Å². The van der Waals surface area contributed by atoms with Crippen LogP contribution < -0.4 is 5.43 Å². The van der Waals surface area contributed by atoms with Crippen LogP contribution in [0.25, 0.3) is 0 Å². The van der Waals surface area contributed by atoms with E-state index in [4.69, 9.17) is 23.2 Å². The highest BCUT2D eigenvalue weighted by Crippen LogP contribution is 2.20. The average molecular weight is 257 g/mol. The van der Waals surface area contributed by atoms with Gasteiger partial charge in [-0.25, -0.2) is 5.01 Å². The molecule has 5 heteroatoms. The molecule has 0 spiro atoms. The minimum Gasteiger partial charge on any atom is -0.283 e. The number of hydrogen-bond donors (Lipinski definition) is 1. The lowest BCUT2D eigenvalue weighted by Gasteiger charge is -2.26. The topological polar surface area (TPSA) is 32.3 Å². The summed E-state index contributed by atoms with van der Waals surface area (Å²) in [5, 5.41) is 2.18. The van der Waals surface area contributed by atoms with Crippen LogP contribution in [0, 0.1) is 0 Å². The highest BCUT2D eigenvalue weighted by atomic mass is 35.5. The molecule has 1 amide bonds. The molecule has 1 aliphatic heterocycles. The summed E-state index contributed by atoms with van der Waals surface area (Å²) in [7, 11) is 0. The Morgan fingerprint density at radius 3 is 2.56 bits per heavy atom. The molecule has 1 aliphatic rings. The number of hydrazine groups is 1. The van der Waals surface area contributed by atoms with Gasteiger partial charge in [-0.2, -0.15) is 0 Å². The molecule has 1 aromatic rings. The molecule has 0 unspecified atom stereocenters. The standard InChI is InChI=1S/C11H10Cl2N2O/c12-9-7-15(14-11(16)10(9)13)6-8-4-2-1-3-5-8/h1-5H,6-7H2,(H,14,16). The molecule has 0 saturated carbocycles. The summed E-state index contributed by atoms with van der Waals surface area (Å²) in [5.74, 6) is -0.353. The van der Waals surface area contributed by atoms with Gasteiger partial charge in [0.05, 0.1) is 11.6 Å². The second-order valence-corrected chi connectivity index (χ2v) is 4.34. The maximum atomic E-state index is 11.4. The quantitative estimate of drug-likeness (QED) is 0.881. The second kappa shape index (κ2) is 4.87. The molecule has 3 nitrogen and oxygen atoms in total. The highest BCUT2D eigenvalue weighted by Gasteiger charge is 2.22. The van der Waals surface area contributed by atoms with Gasteiger partial charge in [0, 0.05) is 6.54 Å². The largest absolute Gasteiger partial charge is 0.283 e. The van der Waals surface area contributed by atoms with Crippen molar-refractivity contribution in [3.05, 3.63) is 46.0 Å². The molecule has 0 atom stereocenters. The van der Waals surface area contributed by atoms with E-state index < -0.39 is 0 Å². The number of rotatable bonds is 2. The van der Waals surface area contributed by atoms with Crippen molar-refractivity contribution >= 4 is 29.1 Å². The summed E-state index contributed by atoms with van der Waals surface area (Å²) in [6.45, 7) is 1.04. The third kappa shape index (κ3) is 2.55. The smallest absolute Gasteiger partial charge is 0.278 e. The molecule has 0 saturated heterocycles. The Balaban J connectivity index is 2.07. The number of hydrogen-bond acceptors (Lipinski definition) is 2. The van der Waals surface area contributed by atoms with Crippen LogP contribution in [0.4, 0.5) is 0 Å². The molecular formula is C11H10Cl2N2O. The summed E-state index contributed by atoms with van der Waals surface area (Å²) < 4.78 is 0. The normalized spacial score (nSPS) is 17.5. The number of benzene rings is 1. The van der Waals surface area contributed by atoms with Crippen molar-refractivity contribution in [3.8, 4) is 0 Å². The van der Waals surface area contributed by atoms with Crippen LogP contribution in [0.1, 0.15) is 5.56 Å². The third-order valence-electron chi connectivity index (χ3n) is 2.24. The van der Waals surface area contributed by atoms with E-state index in [2.05, 4.69) is 5.43 Å². The Hall–Kier alpha value is -1.03. The van der Waals surface area contributed by atoms with Gasteiger partial charge in [0.1, 0.15) is 5.03 Å². The van der Waals surface area contributed by atoms with Gasteiger partial charge in [-0.15, -0.1) is 0 Å². The van der Waals surface area contributed by atoms with Crippen molar-refractivity contribution in [1.82, 2.24) is 10.4 Å². The summed E-state index contributed by atoms with van der Waals surface area (Å²) in [6, 6.07) is 9.82. The Morgan fingerprint density at radius 2 is 1.94 bits per heavy atom. The molecule has 1 N–H and O–H groups in total. The number of nitrogens with one attached hydrogen (secondary N) is 1. The van der Waals surface area contributed by atoms with Gasteiger partial charge in [-0.05, 0) is 5.56 Å². The number of carbonyl (C=O) groups excluding carboxylic acids is 1. The Labute approximate surface area is 104 Å². The van der Waals surface area contributed by atoms with Crippen molar-refractivity contribution in [3.63, 3.8) is 0 Å². The zero-order valence-corrected chi connectivity index (χ0v) is 9.92. The predicted molar refractivity (Wildman–Crippen MR) is 63.7 cm³/mol. The lowest BCUT2D eigenvalue weighted by atomic mass is 10.2. The minimum absolute atomic E-state index is 0.0750. The molecule has 1 aromatic carbocycles. The fourth-order valence-electron chi connectivity index (χ4n) is 1.49. The van der Waals surface area contributed by atoms with E-state index in [9.17, 15) is 4.79 Å². The predicted octanol–water partition coefficient (Wildman–Crippen LogP) is 2.22. The molecule has 0 radical (unpaired) electrons. The van der Waals surface area contributed by atoms with E-state index in [1.165, 1.54) is 0 Å². The molecule has 16 heavy (non-hydrogen) atoms. The monoisotopic (exact) mass is 256 g/mol. The molecule has 0 aliphatic carbocycles. The lowest BCUT2D eigenvalue weighted by Crippen LogP contribution is -2.46. The summed E-state index contributed by atoms with van der Waals surface area (Å²) in [6.07, 6.45) is 0. The fraction of sp³-hybridized carbons (Fsp3) is 0.182. The van der Waals surface area contributed by atoms with E-state index in [1.807, 2.05) is 30.3 Å². The maximum absolute atomic E-state index is 11.4. The molecule has 0 bridgehead atoms. The summed E-state index contributed by atoms with van der Waals surface area (Å²) >= 11 is 11.6. The first-order valence-corrected chi connectivity index (χ1v) is 5.56. The van der Waals surface area contributed by atoms with E-state index in [0.717, 1.165) is 5.56 Å². The molecule has 0 aromatic heterocycles. The van der Waals surface area contributed by atoms with Crippen LogP contribution in [0.2, 0.25) is 0 Å². The molecule has 84 valence electrons. The zero-order chi connectivity index (χ0) is 11.5. The SMILES string of the molecule is O=C1NN(Cc2ccccc2)CC(Cl)=C1Cl. The van der Waals surface area contributed by atoms with Crippen molar-refractivity contribution in [1.29, 1.82) is 0 Å². The number of amides is 1. The number of carbonyl (C=O) groups is 1. The van der Waals surface area contributed by atoms with Crippen LogP contribution >= 0.6 is 23.2 Å². The molecule has 0 fully saturated rings. The highest BCUT2D eigenvalue weighted by molar-refractivity contribution is 6.48. The Morgan fingerprint density at radius 1 is 1.25 bits per heavy atom. The van der Waals surface area contributed by atoms with Gasteiger partial charge >= 0.3 is 0 Å². The summed E-state index contributed by atoms with van der Waals surface area (Å²) in [4.78, 5) is 11.4. The van der Waals surface area contributed by atoms with Crippen molar-refractivity contribution in [2.75, 3.05) is 6.54 Å². The second-order valence-electron chi connectivity index (χ2n) is 3.50. The molecule has 1 heterocycles. The maximum Gasteiger partial charge on any atom is 0.278 e. The lowest BCUT2D eigenvalue weighted by molar-refractivity contribution is -0.122. The van der Waals surface area contributed by atoms with Gasteiger partial charge in [-0.3, -0.25) is 10.2 Å². The number of nitrogens with zero attached hydrogens (tertiary/aromatic N) is 1. The first kappa shape index (κ1) is 11.5. The average Bonchev–Trinajstić information content (AvgIpc) is 2.27. The van der Waals surface area contributed by atoms with E-state index in [-0.39, 0.29) is 10.9 Å². The number of halogens is 2. The zero-order valence-electron chi connectivity index (χ0n) is 8.41. The molecule has 2 rings (SSSR count). The summed E-state index contributed by atoms with van der Waals surface area (Å²) in [5.41, 5.74) is 3.77. The van der Waals surface area contributed by atoms with Crippen molar-refractivity contribution < 1.29 is 4.79 Å². The van der Waals surface area contributed by atoms with E-state index >= 15 is 0 Å². The Kier molecular flexibility index (Phi) is 3.49.